The lowest BCUT2D eigenvalue weighted by Crippen LogP contribution is -2.82. The molecule has 2 bridgehead atoms. The number of fused-ring (bicyclic) bond motifs is 5. The SMILES string of the molecule is CC(=O)O[C@H]1C(=O)[C@@]2(C)C([C@H](OC(=O)c3ccccc3)[C@]3(O)C[C@H](OC(=O)[C@@H]4OC(C)(O)C(=O)N[C@H]4c4ccccc4)C(C)=C1C3(C)C)[C@]1(OC(C)=O)CO[C@@H]1C[C@@H]2O. The summed E-state index contributed by atoms with van der Waals surface area (Å²) in [6.45, 7) is 9.06. The topological polar surface area (TPSA) is 231 Å². The first-order chi connectivity index (χ1) is 27.6. The Morgan fingerprint density at radius 3 is 2.07 bits per heavy atom. The lowest BCUT2D eigenvalue weighted by molar-refractivity contribution is -0.346. The van der Waals surface area contributed by atoms with Gasteiger partial charge in [-0.1, -0.05) is 62.4 Å². The molecular weight excluding hydrogens is 770 g/mol. The van der Waals surface area contributed by atoms with Crippen molar-refractivity contribution in [2.45, 2.75) is 121 Å². The van der Waals surface area contributed by atoms with Crippen LogP contribution in [0.5, 0.6) is 0 Å². The first-order valence-electron chi connectivity index (χ1n) is 19.5. The molecule has 4 N–H and O–H groups in total. The zero-order valence-electron chi connectivity index (χ0n) is 33.8. The molecule has 2 aromatic carbocycles. The molecule has 316 valence electrons. The summed E-state index contributed by atoms with van der Waals surface area (Å²) in [5, 5.41) is 39.2. The number of benzene rings is 2. The van der Waals surface area contributed by atoms with Crippen LogP contribution in [0.15, 0.2) is 71.8 Å². The van der Waals surface area contributed by atoms with E-state index in [4.69, 9.17) is 28.4 Å². The van der Waals surface area contributed by atoms with Crippen molar-refractivity contribution >= 4 is 35.6 Å². The molecule has 1 amide bonds. The van der Waals surface area contributed by atoms with Crippen molar-refractivity contribution in [3.05, 3.63) is 82.9 Å². The molecule has 59 heavy (non-hydrogen) atoms. The maximum Gasteiger partial charge on any atom is 0.338 e. The summed E-state index contributed by atoms with van der Waals surface area (Å²) in [7, 11) is 0. The van der Waals surface area contributed by atoms with Gasteiger partial charge in [0.05, 0.1) is 35.6 Å². The number of aliphatic hydroxyl groups excluding tert-OH is 1. The van der Waals surface area contributed by atoms with E-state index in [1.165, 1.54) is 26.0 Å². The summed E-state index contributed by atoms with van der Waals surface area (Å²) in [5.74, 6) is -9.44. The lowest BCUT2D eigenvalue weighted by Gasteiger charge is -2.67. The van der Waals surface area contributed by atoms with Crippen molar-refractivity contribution in [1.29, 1.82) is 0 Å². The van der Waals surface area contributed by atoms with Crippen molar-refractivity contribution in [2.75, 3.05) is 6.61 Å². The summed E-state index contributed by atoms with van der Waals surface area (Å²) in [5.41, 5.74) is -7.12. The van der Waals surface area contributed by atoms with Gasteiger partial charge in [-0.3, -0.25) is 19.2 Å². The Bertz CT molecular complexity index is 2100. The molecule has 2 saturated carbocycles. The summed E-state index contributed by atoms with van der Waals surface area (Å²) >= 11 is 0. The number of carbonyl (C=O) groups is 6. The van der Waals surface area contributed by atoms with Crippen molar-refractivity contribution in [2.24, 2.45) is 16.7 Å². The number of amides is 1. The fourth-order valence-corrected chi connectivity index (χ4v) is 10.0. The van der Waals surface area contributed by atoms with Gasteiger partial charge >= 0.3 is 23.9 Å². The fourth-order valence-electron chi connectivity index (χ4n) is 10.0. The number of nitrogens with one attached hydrogen (secondary N) is 1. The highest BCUT2D eigenvalue weighted by Crippen LogP contribution is 2.64. The van der Waals surface area contributed by atoms with Crippen LogP contribution >= 0.6 is 0 Å². The summed E-state index contributed by atoms with van der Waals surface area (Å²) in [6.07, 6.45) is -10.0. The molecule has 4 fully saturated rings. The van der Waals surface area contributed by atoms with Gasteiger partial charge in [0.15, 0.2) is 23.6 Å². The van der Waals surface area contributed by atoms with Crippen LogP contribution in [-0.4, -0.2) is 111 Å². The van der Waals surface area contributed by atoms with Gasteiger partial charge in [-0.05, 0) is 49.6 Å². The van der Waals surface area contributed by atoms with E-state index in [1.807, 2.05) is 0 Å². The minimum absolute atomic E-state index is 0.00914. The Labute approximate surface area is 340 Å². The Hall–Kier alpha value is -5.00. The van der Waals surface area contributed by atoms with E-state index < -0.39 is 118 Å². The smallest absolute Gasteiger partial charge is 0.338 e. The van der Waals surface area contributed by atoms with Gasteiger partial charge in [0, 0.05) is 32.1 Å². The predicted octanol–water partition coefficient (Wildman–Crippen LogP) is 2.17. The molecule has 2 heterocycles. The van der Waals surface area contributed by atoms with Crippen molar-refractivity contribution < 1.29 is 72.5 Å². The fraction of sp³-hybridized carbons (Fsp3) is 0.535. The monoisotopic (exact) mass is 819 g/mol. The van der Waals surface area contributed by atoms with E-state index in [2.05, 4.69) is 5.32 Å². The Morgan fingerprint density at radius 2 is 1.49 bits per heavy atom. The van der Waals surface area contributed by atoms with Crippen molar-refractivity contribution in [3.8, 4) is 0 Å². The van der Waals surface area contributed by atoms with Gasteiger partial charge in [0.1, 0.15) is 23.9 Å². The quantitative estimate of drug-likeness (QED) is 0.178. The summed E-state index contributed by atoms with van der Waals surface area (Å²) in [4.78, 5) is 82.9. The van der Waals surface area contributed by atoms with E-state index >= 15 is 4.79 Å². The van der Waals surface area contributed by atoms with Gasteiger partial charge in [-0.25, -0.2) is 9.59 Å². The number of Topliss-reactive ketones (excluding diaryl/α,β-unsaturated/α-hetero) is 1. The van der Waals surface area contributed by atoms with E-state index in [1.54, 1.807) is 62.4 Å². The average Bonchev–Trinajstić information content (AvgIpc) is 3.17. The van der Waals surface area contributed by atoms with Gasteiger partial charge in [-0.15, -0.1) is 0 Å². The number of esters is 4. The first-order valence-corrected chi connectivity index (χ1v) is 19.5. The molecule has 3 aliphatic carbocycles. The third-order valence-electron chi connectivity index (χ3n) is 13.2. The normalized spacial score (nSPS) is 38.5. The molecule has 2 aliphatic heterocycles. The molecular formula is C43H49NO15. The number of carbonyl (C=O) groups excluding carboxylic acids is 6. The molecule has 0 radical (unpaired) electrons. The Morgan fingerprint density at radius 1 is 0.864 bits per heavy atom. The van der Waals surface area contributed by atoms with Crippen molar-refractivity contribution in [1.82, 2.24) is 5.32 Å². The van der Waals surface area contributed by atoms with Crippen LogP contribution < -0.4 is 5.32 Å². The molecule has 5 aliphatic rings. The number of aliphatic hydroxyl groups is 3. The standard InChI is InChI=1S/C43H49NO15/c1-21-26(56-37(50)32-30(24-14-10-8-11-15-24)44-38(51)41(7,52)59-32)19-43(53)35(57-36(49)25-16-12-9-13-17-25)33-40(6,27(47)18-28-42(33,20-54-28)58-23(3)46)34(48)31(55-22(2)45)29(21)39(43,4)5/h8-17,26-28,30-33,35,47,52-53H,18-20H2,1-7H3,(H,44,51)/t26-,27-,28+,30-,31+,32+,33?,35-,40+,41?,42-,43+/m0/s1. The van der Waals surface area contributed by atoms with E-state index in [0.717, 1.165) is 20.8 Å². The van der Waals surface area contributed by atoms with E-state index in [9.17, 15) is 39.3 Å². The van der Waals surface area contributed by atoms with Crippen LogP contribution in [-0.2, 0) is 52.4 Å². The van der Waals surface area contributed by atoms with Gasteiger partial charge < -0.3 is 49.1 Å². The van der Waals surface area contributed by atoms with Crippen LogP contribution in [0, 0.1) is 16.7 Å². The van der Waals surface area contributed by atoms with Crippen LogP contribution in [0.2, 0.25) is 0 Å². The number of rotatable bonds is 7. The van der Waals surface area contributed by atoms with E-state index in [-0.39, 0.29) is 29.7 Å². The second-order valence-electron chi connectivity index (χ2n) is 17.1. The highest BCUT2D eigenvalue weighted by Gasteiger charge is 2.78. The Kier molecular flexibility index (Phi) is 10.4. The van der Waals surface area contributed by atoms with Gasteiger partial charge in [0.25, 0.3) is 5.91 Å². The lowest BCUT2D eigenvalue weighted by atomic mass is 9.44. The highest BCUT2D eigenvalue weighted by molar-refractivity contribution is 5.95. The predicted molar refractivity (Wildman–Crippen MR) is 201 cm³/mol. The number of hydrogen-bond donors (Lipinski definition) is 4. The second kappa shape index (κ2) is 14.6. The molecule has 0 spiro atoms. The molecule has 2 saturated heterocycles. The maximum absolute atomic E-state index is 15.5. The minimum Gasteiger partial charge on any atom is -0.456 e. The largest absolute Gasteiger partial charge is 0.456 e. The molecule has 2 unspecified atom stereocenters. The van der Waals surface area contributed by atoms with Crippen LogP contribution in [0.1, 0.15) is 83.3 Å². The molecule has 16 nitrogen and oxygen atoms in total. The summed E-state index contributed by atoms with van der Waals surface area (Å²) in [6, 6.07) is 15.1. The number of ketones is 1. The molecule has 0 aromatic heterocycles. The van der Waals surface area contributed by atoms with Gasteiger partial charge in [0.2, 0.25) is 5.79 Å². The van der Waals surface area contributed by atoms with E-state index in [0.29, 0.717) is 5.56 Å². The Balaban J connectivity index is 1.43. The third kappa shape index (κ3) is 6.56. The van der Waals surface area contributed by atoms with Crippen LogP contribution in [0.3, 0.4) is 0 Å². The molecule has 16 heteroatoms. The van der Waals surface area contributed by atoms with Gasteiger partial charge in [-0.2, -0.15) is 0 Å². The summed E-state index contributed by atoms with van der Waals surface area (Å²) < 4.78 is 36.0. The van der Waals surface area contributed by atoms with Crippen molar-refractivity contribution in [3.63, 3.8) is 0 Å². The third-order valence-corrected chi connectivity index (χ3v) is 13.2. The second-order valence-corrected chi connectivity index (χ2v) is 17.1. The number of morpholine rings is 1. The molecule has 2 aromatic rings. The zero-order valence-corrected chi connectivity index (χ0v) is 33.8. The van der Waals surface area contributed by atoms with Crippen LogP contribution in [0.4, 0.5) is 0 Å². The van der Waals surface area contributed by atoms with Crippen LogP contribution in [0.25, 0.3) is 0 Å². The zero-order chi connectivity index (χ0) is 43.0. The minimum atomic E-state index is -2.45. The maximum atomic E-state index is 15.5. The number of ether oxygens (including phenoxy) is 6. The highest BCUT2D eigenvalue weighted by atomic mass is 16.7. The molecule has 7 rings (SSSR count). The average molecular weight is 820 g/mol. The number of hydrogen-bond acceptors (Lipinski definition) is 15. The first kappa shape index (κ1) is 42.1. The molecule has 12 atom stereocenters.